The maximum absolute atomic E-state index is 10.2. The van der Waals surface area contributed by atoms with Crippen molar-refractivity contribution in [2.75, 3.05) is 5.06 Å². The zero-order valence-electron chi connectivity index (χ0n) is 11.6. The van der Waals surface area contributed by atoms with Crippen molar-refractivity contribution in [1.82, 2.24) is 0 Å². The van der Waals surface area contributed by atoms with E-state index in [2.05, 4.69) is 37.3 Å². The number of fused-ring (bicyclic) bond motifs is 2. The van der Waals surface area contributed by atoms with Crippen LogP contribution in [0.5, 0.6) is 0 Å². The summed E-state index contributed by atoms with van der Waals surface area (Å²) in [6.45, 7) is 3.92. The van der Waals surface area contributed by atoms with Crippen molar-refractivity contribution in [3.63, 3.8) is 0 Å². The molecule has 0 bridgehead atoms. The van der Waals surface area contributed by atoms with Gasteiger partial charge in [-0.2, -0.15) is 0 Å². The first-order valence-electron chi connectivity index (χ1n) is 7.02. The fraction of sp³-hybridized carbons (Fsp3) is 0.167. The lowest BCUT2D eigenvalue weighted by Gasteiger charge is -2.18. The molecule has 0 saturated carbocycles. The molecule has 3 rings (SSSR count). The molecule has 2 heteroatoms. The van der Waals surface area contributed by atoms with Crippen LogP contribution in [-0.2, 0) is 0 Å². The number of unbranched alkanes of at least 4 members (excludes halogenated alkanes) is 1. The fourth-order valence-electron chi connectivity index (χ4n) is 2.50. The van der Waals surface area contributed by atoms with Crippen LogP contribution in [0.1, 0.15) is 19.8 Å². The maximum atomic E-state index is 10.2. The lowest BCUT2D eigenvalue weighted by atomic mass is 10.0. The minimum Gasteiger partial charge on any atom is -0.288 e. The Hall–Kier alpha value is -2.06. The number of rotatable bonds is 4. The Balaban J connectivity index is 2.15. The van der Waals surface area contributed by atoms with E-state index in [9.17, 15) is 5.21 Å². The normalized spacial score (nSPS) is 11.1. The summed E-state index contributed by atoms with van der Waals surface area (Å²) in [6.07, 6.45) is 1.88. The molecule has 0 amide bonds. The first-order valence-corrected chi connectivity index (χ1v) is 7.02. The van der Waals surface area contributed by atoms with Crippen molar-refractivity contribution in [2.24, 2.45) is 0 Å². The Labute approximate surface area is 119 Å². The van der Waals surface area contributed by atoms with Crippen LogP contribution in [0.15, 0.2) is 54.6 Å². The number of nitrogens with zero attached hydrogens (tertiary/aromatic N) is 1. The van der Waals surface area contributed by atoms with Crippen LogP contribution in [0.25, 0.3) is 21.5 Å². The number of hydrogen-bond acceptors (Lipinski definition) is 2. The second kappa shape index (κ2) is 5.51. The van der Waals surface area contributed by atoms with Gasteiger partial charge < -0.3 is 0 Å². The molecule has 1 N–H and O–H groups in total. The minimum atomic E-state index is 0.835. The predicted molar refractivity (Wildman–Crippen MR) is 84.9 cm³/mol. The van der Waals surface area contributed by atoms with Gasteiger partial charge in [0.1, 0.15) is 0 Å². The monoisotopic (exact) mass is 264 g/mol. The standard InChI is InChI=1S/C18H18NO/c1-2-3-11-19(20)18-10-6-9-16-12-14-7-4-5-8-15(14)13-17(16)18/h4-13,20H,2-3H2,1H3. The van der Waals surface area contributed by atoms with Crippen LogP contribution in [0.3, 0.4) is 0 Å². The van der Waals surface area contributed by atoms with Crippen molar-refractivity contribution in [3.05, 3.63) is 61.1 Å². The Kier molecular flexibility index (Phi) is 3.57. The van der Waals surface area contributed by atoms with E-state index in [-0.39, 0.29) is 0 Å². The molecule has 0 aliphatic rings. The first-order chi connectivity index (χ1) is 9.79. The van der Waals surface area contributed by atoms with E-state index in [4.69, 9.17) is 0 Å². The van der Waals surface area contributed by atoms with Crippen LogP contribution in [0.4, 0.5) is 5.69 Å². The zero-order chi connectivity index (χ0) is 13.9. The molecule has 1 radical (unpaired) electrons. The summed E-state index contributed by atoms with van der Waals surface area (Å²) in [5, 5.41) is 16.1. The van der Waals surface area contributed by atoms with E-state index in [1.807, 2.05) is 30.8 Å². The van der Waals surface area contributed by atoms with Gasteiger partial charge in [-0.3, -0.25) is 10.3 Å². The van der Waals surface area contributed by atoms with Crippen LogP contribution in [-0.4, -0.2) is 5.21 Å². The zero-order valence-corrected chi connectivity index (χ0v) is 11.6. The largest absolute Gasteiger partial charge is 0.288 e. The van der Waals surface area contributed by atoms with E-state index < -0.39 is 0 Å². The highest BCUT2D eigenvalue weighted by molar-refractivity contribution is 6.03. The summed E-state index contributed by atoms with van der Waals surface area (Å²) in [7, 11) is 0. The molecule has 0 aliphatic heterocycles. The molecule has 20 heavy (non-hydrogen) atoms. The van der Waals surface area contributed by atoms with E-state index >= 15 is 0 Å². The lowest BCUT2D eigenvalue weighted by molar-refractivity contribution is 0.276. The molecule has 3 aromatic carbocycles. The van der Waals surface area contributed by atoms with Crippen LogP contribution in [0.2, 0.25) is 0 Å². The second-order valence-corrected chi connectivity index (χ2v) is 5.01. The molecule has 0 atom stereocenters. The second-order valence-electron chi connectivity index (χ2n) is 5.01. The van der Waals surface area contributed by atoms with Gasteiger partial charge in [-0.15, -0.1) is 0 Å². The molecular formula is C18H18NO. The Bertz CT molecular complexity index is 736. The average molecular weight is 264 g/mol. The van der Waals surface area contributed by atoms with E-state index in [1.165, 1.54) is 15.8 Å². The SMILES string of the molecule is CCC[CH]N(O)c1cccc2cc3ccccc3cc12. The predicted octanol–water partition coefficient (Wildman–Crippen LogP) is 5.15. The molecule has 0 heterocycles. The van der Waals surface area contributed by atoms with Gasteiger partial charge in [-0.25, -0.2) is 0 Å². The third kappa shape index (κ3) is 2.35. The number of anilines is 1. The van der Waals surface area contributed by atoms with Crippen molar-refractivity contribution in [2.45, 2.75) is 19.8 Å². The van der Waals surface area contributed by atoms with Crippen LogP contribution >= 0.6 is 0 Å². The summed E-state index contributed by atoms with van der Waals surface area (Å²) >= 11 is 0. The summed E-state index contributed by atoms with van der Waals surface area (Å²) in [4.78, 5) is 0. The molecule has 0 aliphatic carbocycles. The van der Waals surface area contributed by atoms with Gasteiger partial charge >= 0.3 is 0 Å². The molecule has 0 spiro atoms. The summed E-state index contributed by atoms with van der Waals surface area (Å²) in [6, 6.07) is 18.6. The van der Waals surface area contributed by atoms with Crippen molar-refractivity contribution in [1.29, 1.82) is 0 Å². The smallest absolute Gasteiger partial charge is 0.0791 e. The van der Waals surface area contributed by atoms with Gasteiger partial charge in [-0.1, -0.05) is 49.7 Å². The topological polar surface area (TPSA) is 23.5 Å². The minimum absolute atomic E-state index is 0.835. The maximum Gasteiger partial charge on any atom is 0.0791 e. The molecule has 0 aromatic heterocycles. The van der Waals surface area contributed by atoms with E-state index in [0.717, 1.165) is 29.3 Å². The van der Waals surface area contributed by atoms with Gasteiger partial charge in [0.15, 0.2) is 0 Å². The molecule has 0 unspecified atom stereocenters. The van der Waals surface area contributed by atoms with Gasteiger partial charge in [0.2, 0.25) is 0 Å². The highest BCUT2D eigenvalue weighted by atomic mass is 16.5. The number of hydrogen-bond donors (Lipinski definition) is 1. The van der Waals surface area contributed by atoms with Gasteiger partial charge in [-0.05, 0) is 40.8 Å². The van der Waals surface area contributed by atoms with Crippen LogP contribution in [0, 0.1) is 6.54 Å². The third-order valence-electron chi connectivity index (χ3n) is 3.56. The lowest BCUT2D eigenvalue weighted by Crippen LogP contribution is -2.14. The Morgan fingerprint density at radius 1 is 0.950 bits per heavy atom. The number of benzene rings is 3. The van der Waals surface area contributed by atoms with E-state index in [0.29, 0.717) is 0 Å². The molecule has 0 saturated heterocycles. The molecule has 101 valence electrons. The highest BCUT2D eigenvalue weighted by Crippen LogP contribution is 2.30. The molecule has 0 fully saturated rings. The summed E-state index contributed by atoms with van der Waals surface area (Å²) in [5.41, 5.74) is 0.835. The van der Waals surface area contributed by atoms with E-state index in [1.54, 1.807) is 0 Å². The van der Waals surface area contributed by atoms with Crippen molar-refractivity contribution in [3.8, 4) is 0 Å². The molecular weight excluding hydrogens is 246 g/mol. The van der Waals surface area contributed by atoms with Gasteiger partial charge in [0, 0.05) is 5.39 Å². The molecule has 2 nitrogen and oxygen atoms in total. The molecule has 3 aromatic rings. The first kappa shape index (κ1) is 12.9. The third-order valence-corrected chi connectivity index (χ3v) is 3.56. The van der Waals surface area contributed by atoms with Crippen molar-refractivity contribution >= 4 is 27.2 Å². The Morgan fingerprint density at radius 3 is 2.40 bits per heavy atom. The summed E-state index contributed by atoms with van der Waals surface area (Å²) < 4.78 is 0. The summed E-state index contributed by atoms with van der Waals surface area (Å²) in [5.74, 6) is 0. The Morgan fingerprint density at radius 2 is 1.65 bits per heavy atom. The fourth-order valence-corrected chi connectivity index (χ4v) is 2.50. The quantitative estimate of drug-likeness (QED) is 0.520. The van der Waals surface area contributed by atoms with Gasteiger partial charge in [0.05, 0.1) is 12.2 Å². The van der Waals surface area contributed by atoms with Gasteiger partial charge in [0.25, 0.3) is 0 Å². The van der Waals surface area contributed by atoms with Crippen molar-refractivity contribution < 1.29 is 5.21 Å². The average Bonchev–Trinajstić information content (AvgIpc) is 2.50. The highest BCUT2D eigenvalue weighted by Gasteiger charge is 2.08. The van der Waals surface area contributed by atoms with Crippen LogP contribution < -0.4 is 5.06 Å². The number of hydroxylamine groups is 1.